The van der Waals surface area contributed by atoms with Crippen molar-refractivity contribution < 1.29 is 14.4 Å². The number of carbonyl (C=O) groups is 1. The molecule has 1 rings (SSSR count). The minimum atomic E-state index is -0.413. The van der Waals surface area contributed by atoms with Crippen LogP contribution in [0, 0.1) is 13.8 Å². The number of aliphatic hydroxyl groups excluding tert-OH is 1. The summed E-state index contributed by atoms with van der Waals surface area (Å²) < 4.78 is 5.00. The highest BCUT2D eigenvalue weighted by Gasteiger charge is 2.15. The van der Waals surface area contributed by atoms with Crippen molar-refractivity contribution in [3.63, 3.8) is 0 Å². The van der Waals surface area contributed by atoms with E-state index in [1.807, 2.05) is 13.8 Å². The van der Waals surface area contributed by atoms with E-state index >= 15 is 0 Å². The van der Waals surface area contributed by atoms with Gasteiger partial charge in [-0.2, -0.15) is 0 Å². The van der Waals surface area contributed by atoms with Gasteiger partial charge in [0.2, 0.25) is 5.91 Å². The summed E-state index contributed by atoms with van der Waals surface area (Å²) in [5.74, 6) is 0.605. The van der Waals surface area contributed by atoms with Crippen LogP contribution in [0.2, 0.25) is 0 Å². The minimum absolute atomic E-state index is 0.0389. The Hall–Kier alpha value is -1.36. The molecule has 5 heteroatoms. The van der Waals surface area contributed by atoms with Gasteiger partial charge in [-0.05, 0) is 34.1 Å². The molecule has 0 aliphatic heterocycles. The maximum absolute atomic E-state index is 11.7. The summed E-state index contributed by atoms with van der Waals surface area (Å²) >= 11 is 0. The Morgan fingerprint density at radius 3 is 2.59 bits per heavy atom. The fraction of sp³-hybridized carbons (Fsp3) is 0.667. The van der Waals surface area contributed by atoms with Gasteiger partial charge in [-0.25, -0.2) is 0 Å². The zero-order chi connectivity index (χ0) is 13.0. The number of nitrogens with zero attached hydrogens (tertiary/aromatic N) is 1. The van der Waals surface area contributed by atoms with E-state index < -0.39 is 6.10 Å². The van der Waals surface area contributed by atoms with E-state index in [-0.39, 0.29) is 18.4 Å². The number of carbonyl (C=O) groups excluding carboxylic acids is 1. The molecule has 0 saturated heterocycles. The molecule has 2 unspecified atom stereocenters. The first-order chi connectivity index (χ1) is 7.90. The van der Waals surface area contributed by atoms with Crippen molar-refractivity contribution in [2.75, 3.05) is 0 Å². The number of hydrogen-bond donors (Lipinski definition) is 2. The lowest BCUT2D eigenvalue weighted by Gasteiger charge is -2.15. The average Bonchev–Trinajstić information content (AvgIpc) is 2.47. The smallest absolute Gasteiger partial charge is 0.224 e. The van der Waals surface area contributed by atoms with E-state index in [0.717, 1.165) is 11.3 Å². The molecule has 1 heterocycles. The van der Waals surface area contributed by atoms with Gasteiger partial charge in [0, 0.05) is 11.6 Å². The van der Waals surface area contributed by atoms with Crippen LogP contribution in [0.1, 0.15) is 37.3 Å². The lowest BCUT2D eigenvalue weighted by Crippen LogP contribution is -2.35. The van der Waals surface area contributed by atoms with Crippen molar-refractivity contribution >= 4 is 5.91 Å². The second-order valence-corrected chi connectivity index (χ2v) is 4.53. The third-order valence-corrected chi connectivity index (χ3v) is 2.62. The molecule has 2 atom stereocenters. The number of nitrogens with one attached hydrogen (secondary N) is 1. The first-order valence-corrected chi connectivity index (χ1v) is 5.79. The van der Waals surface area contributed by atoms with Crippen LogP contribution in [0.5, 0.6) is 0 Å². The Morgan fingerprint density at radius 2 is 2.12 bits per heavy atom. The van der Waals surface area contributed by atoms with E-state index in [4.69, 9.17) is 4.52 Å². The summed E-state index contributed by atoms with van der Waals surface area (Å²) in [4.78, 5) is 11.7. The van der Waals surface area contributed by atoms with Gasteiger partial charge in [-0.1, -0.05) is 5.16 Å². The lowest BCUT2D eigenvalue weighted by molar-refractivity contribution is -0.121. The number of aromatic nitrogens is 1. The molecule has 0 bridgehead atoms. The molecule has 0 fully saturated rings. The van der Waals surface area contributed by atoms with E-state index in [1.165, 1.54) is 0 Å². The molecule has 0 radical (unpaired) electrons. The summed E-state index contributed by atoms with van der Waals surface area (Å²) in [6, 6.07) is -0.0389. The van der Waals surface area contributed by atoms with Gasteiger partial charge < -0.3 is 14.9 Å². The predicted molar refractivity (Wildman–Crippen MR) is 63.6 cm³/mol. The van der Waals surface area contributed by atoms with Crippen LogP contribution in [-0.2, 0) is 11.2 Å². The normalized spacial score (nSPS) is 14.4. The Balaban J connectivity index is 2.50. The lowest BCUT2D eigenvalue weighted by atomic mass is 10.1. The third kappa shape index (κ3) is 4.19. The molecule has 1 aromatic rings. The van der Waals surface area contributed by atoms with Crippen LogP contribution in [0.25, 0.3) is 0 Å². The highest BCUT2D eigenvalue weighted by atomic mass is 16.5. The number of hydrogen-bond acceptors (Lipinski definition) is 4. The molecule has 5 nitrogen and oxygen atoms in total. The van der Waals surface area contributed by atoms with Crippen molar-refractivity contribution in [3.05, 3.63) is 17.0 Å². The fourth-order valence-electron chi connectivity index (χ4n) is 1.81. The number of amides is 1. The van der Waals surface area contributed by atoms with Crippen molar-refractivity contribution in [2.45, 2.75) is 52.7 Å². The average molecular weight is 240 g/mol. The van der Waals surface area contributed by atoms with Crippen LogP contribution < -0.4 is 5.32 Å². The van der Waals surface area contributed by atoms with Crippen LogP contribution in [0.4, 0.5) is 0 Å². The Labute approximate surface area is 101 Å². The van der Waals surface area contributed by atoms with Gasteiger partial charge in [-0.15, -0.1) is 0 Å². The quantitative estimate of drug-likeness (QED) is 0.808. The van der Waals surface area contributed by atoms with Crippen LogP contribution >= 0.6 is 0 Å². The van der Waals surface area contributed by atoms with Crippen LogP contribution in [-0.4, -0.2) is 28.3 Å². The second kappa shape index (κ2) is 5.82. The summed E-state index contributed by atoms with van der Waals surface area (Å²) in [6.07, 6.45) is 0.405. The molecule has 0 aromatic carbocycles. The molecule has 17 heavy (non-hydrogen) atoms. The summed E-state index contributed by atoms with van der Waals surface area (Å²) in [5, 5.41) is 15.8. The van der Waals surface area contributed by atoms with Gasteiger partial charge in [0.15, 0.2) is 0 Å². The Morgan fingerprint density at radius 1 is 1.47 bits per heavy atom. The van der Waals surface area contributed by atoms with Gasteiger partial charge in [0.25, 0.3) is 0 Å². The molecule has 96 valence electrons. The highest BCUT2D eigenvalue weighted by Crippen LogP contribution is 2.12. The maximum atomic E-state index is 11.7. The second-order valence-electron chi connectivity index (χ2n) is 4.53. The van der Waals surface area contributed by atoms with Crippen molar-refractivity contribution in [3.8, 4) is 0 Å². The maximum Gasteiger partial charge on any atom is 0.224 e. The largest absolute Gasteiger partial charge is 0.393 e. The number of aryl methyl sites for hydroxylation is 2. The molecular formula is C12H20N2O3. The summed E-state index contributed by atoms with van der Waals surface area (Å²) in [6.45, 7) is 7.19. The molecule has 0 saturated carbocycles. The van der Waals surface area contributed by atoms with Crippen molar-refractivity contribution in [1.29, 1.82) is 0 Å². The highest BCUT2D eigenvalue weighted by molar-refractivity contribution is 5.79. The van der Waals surface area contributed by atoms with Gasteiger partial charge in [-0.3, -0.25) is 4.79 Å². The molecular weight excluding hydrogens is 220 g/mol. The summed E-state index contributed by atoms with van der Waals surface area (Å²) in [5.41, 5.74) is 1.59. The molecule has 1 aromatic heterocycles. The number of aliphatic hydroxyl groups is 1. The van der Waals surface area contributed by atoms with Gasteiger partial charge in [0.05, 0.1) is 18.2 Å². The fourth-order valence-corrected chi connectivity index (χ4v) is 1.81. The SMILES string of the molecule is Cc1noc(C)c1CC(=O)NC(C)CC(C)O. The van der Waals surface area contributed by atoms with Gasteiger partial charge >= 0.3 is 0 Å². The van der Waals surface area contributed by atoms with E-state index in [0.29, 0.717) is 12.2 Å². The zero-order valence-corrected chi connectivity index (χ0v) is 10.8. The summed E-state index contributed by atoms with van der Waals surface area (Å²) in [7, 11) is 0. The van der Waals surface area contributed by atoms with E-state index in [9.17, 15) is 9.90 Å². The molecule has 2 N–H and O–H groups in total. The minimum Gasteiger partial charge on any atom is -0.393 e. The zero-order valence-electron chi connectivity index (χ0n) is 10.8. The topological polar surface area (TPSA) is 75.4 Å². The first-order valence-electron chi connectivity index (χ1n) is 5.79. The predicted octanol–water partition coefficient (Wildman–Crippen LogP) is 1.11. The molecule has 0 aliphatic rings. The Kier molecular flexibility index (Phi) is 4.69. The van der Waals surface area contributed by atoms with Crippen molar-refractivity contribution in [2.24, 2.45) is 0 Å². The van der Waals surface area contributed by atoms with E-state index in [1.54, 1.807) is 13.8 Å². The van der Waals surface area contributed by atoms with Crippen LogP contribution in [0.3, 0.4) is 0 Å². The molecule has 0 aliphatic carbocycles. The van der Waals surface area contributed by atoms with Crippen LogP contribution in [0.15, 0.2) is 4.52 Å². The third-order valence-electron chi connectivity index (χ3n) is 2.62. The van der Waals surface area contributed by atoms with Gasteiger partial charge in [0.1, 0.15) is 5.76 Å². The Bertz CT molecular complexity index is 366. The molecule has 1 amide bonds. The van der Waals surface area contributed by atoms with Crippen molar-refractivity contribution in [1.82, 2.24) is 10.5 Å². The molecule has 0 spiro atoms. The monoisotopic (exact) mass is 240 g/mol. The van der Waals surface area contributed by atoms with E-state index in [2.05, 4.69) is 10.5 Å². The first kappa shape index (κ1) is 13.7. The number of rotatable bonds is 5. The standard InChI is InChI=1S/C12H20N2O3/c1-7(5-8(2)15)13-12(16)6-11-9(3)14-17-10(11)4/h7-8,15H,5-6H2,1-4H3,(H,13,16).